The van der Waals surface area contributed by atoms with E-state index in [1.807, 2.05) is 19.2 Å². The van der Waals surface area contributed by atoms with Crippen LogP contribution in [0.4, 0.5) is 0 Å². The van der Waals surface area contributed by atoms with E-state index in [0.717, 1.165) is 16.3 Å². The zero-order valence-electron chi connectivity index (χ0n) is 10.8. The first-order chi connectivity index (χ1) is 8.65. The Bertz CT molecular complexity index is 523. The molecule has 1 aromatic heterocycles. The monoisotopic (exact) mass is 258 g/mol. The van der Waals surface area contributed by atoms with E-state index in [1.54, 1.807) is 11.8 Å². The highest BCUT2D eigenvalue weighted by Gasteiger charge is 2.02. The molecule has 0 aliphatic rings. The van der Waals surface area contributed by atoms with Gasteiger partial charge < -0.3 is 5.73 Å². The number of pyridine rings is 1. The summed E-state index contributed by atoms with van der Waals surface area (Å²) in [5.74, 6) is 0.942. The molecule has 2 rings (SSSR count). The average molecular weight is 258 g/mol. The molecule has 18 heavy (non-hydrogen) atoms. The zero-order valence-corrected chi connectivity index (χ0v) is 11.6. The van der Waals surface area contributed by atoms with Crippen molar-refractivity contribution < 1.29 is 0 Å². The van der Waals surface area contributed by atoms with Crippen molar-refractivity contribution in [1.29, 1.82) is 0 Å². The van der Waals surface area contributed by atoms with Crippen molar-refractivity contribution in [3.05, 3.63) is 59.3 Å². The molecule has 0 bridgehead atoms. The number of aryl methyl sites for hydroxylation is 1. The van der Waals surface area contributed by atoms with E-state index < -0.39 is 0 Å². The van der Waals surface area contributed by atoms with Gasteiger partial charge in [0.2, 0.25) is 0 Å². The summed E-state index contributed by atoms with van der Waals surface area (Å²) in [7, 11) is 0. The molecule has 2 N–H and O–H groups in total. The van der Waals surface area contributed by atoms with Crippen molar-refractivity contribution >= 4 is 11.8 Å². The quantitative estimate of drug-likeness (QED) is 0.850. The second-order valence-corrected chi connectivity index (χ2v) is 5.49. The maximum absolute atomic E-state index is 5.87. The van der Waals surface area contributed by atoms with Crippen LogP contribution < -0.4 is 5.73 Å². The molecule has 94 valence electrons. The van der Waals surface area contributed by atoms with Crippen molar-refractivity contribution in [3.63, 3.8) is 0 Å². The van der Waals surface area contributed by atoms with Crippen molar-refractivity contribution in [2.75, 3.05) is 0 Å². The molecule has 0 saturated carbocycles. The Kier molecular flexibility index (Phi) is 4.39. The lowest BCUT2D eigenvalue weighted by Gasteiger charge is -2.07. The van der Waals surface area contributed by atoms with E-state index in [4.69, 9.17) is 5.73 Å². The summed E-state index contributed by atoms with van der Waals surface area (Å²) in [4.78, 5) is 4.37. The van der Waals surface area contributed by atoms with E-state index in [0.29, 0.717) is 0 Å². The minimum Gasteiger partial charge on any atom is -0.324 e. The van der Waals surface area contributed by atoms with E-state index in [-0.39, 0.29) is 6.04 Å². The van der Waals surface area contributed by atoms with E-state index in [9.17, 15) is 0 Å². The Morgan fingerprint density at radius 3 is 2.83 bits per heavy atom. The van der Waals surface area contributed by atoms with Gasteiger partial charge in [0.25, 0.3) is 0 Å². The molecule has 2 nitrogen and oxygen atoms in total. The van der Waals surface area contributed by atoms with Crippen molar-refractivity contribution in [1.82, 2.24) is 4.98 Å². The van der Waals surface area contributed by atoms with Gasteiger partial charge in [-0.1, -0.05) is 29.8 Å². The standard InChI is InChI=1S/C15H18N2S/c1-11-4-3-5-13(8-11)10-18-15-9-14(12(2)16)6-7-17-15/h3-9,12H,10,16H2,1-2H3. The Morgan fingerprint density at radius 2 is 2.11 bits per heavy atom. The van der Waals surface area contributed by atoms with Crippen LogP contribution in [0, 0.1) is 6.92 Å². The van der Waals surface area contributed by atoms with Gasteiger partial charge in [-0.2, -0.15) is 0 Å². The second kappa shape index (κ2) is 6.03. The van der Waals surface area contributed by atoms with Crippen LogP contribution in [0.5, 0.6) is 0 Å². The van der Waals surface area contributed by atoms with E-state index >= 15 is 0 Å². The lowest BCUT2D eigenvalue weighted by Crippen LogP contribution is -2.04. The summed E-state index contributed by atoms with van der Waals surface area (Å²) in [6.07, 6.45) is 1.83. The van der Waals surface area contributed by atoms with Crippen molar-refractivity contribution in [2.24, 2.45) is 5.73 Å². The van der Waals surface area contributed by atoms with Gasteiger partial charge in [-0.05, 0) is 37.1 Å². The summed E-state index contributed by atoms with van der Waals surface area (Å²) >= 11 is 1.75. The highest BCUT2D eigenvalue weighted by atomic mass is 32.2. The van der Waals surface area contributed by atoms with E-state index in [2.05, 4.69) is 42.2 Å². The molecule has 0 aliphatic carbocycles. The first-order valence-electron chi connectivity index (χ1n) is 6.05. The van der Waals surface area contributed by atoms with Gasteiger partial charge in [0, 0.05) is 18.0 Å². The highest BCUT2D eigenvalue weighted by Crippen LogP contribution is 2.23. The molecular formula is C15H18N2S. The molecule has 0 fully saturated rings. The SMILES string of the molecule is Cc1cccc(CSc2cc(C(C)N)ccn2)c1. The molecule has 1 heterocycles. The van der Waals surface area contributed by atoms with Crippen LogP contribution in [-0.4, -0.2) is 4.98 Å². The summed E-state index contributed by atoms with van der Waals surface area (Å²) in [5, 5.41) is 1.03. The van der Waals surface area contributed by atoms with Crippen LogP contribution in [-0.2, 0) is 5.75 Å². The van der Waals surface area contributed by atoms with Gasteiger partial charge in [0.05, 0.1) is 5.03 Å². The highest BCUT2D eigenvalue weighted by molar-refractivity contribution is 7.98. The molecule has 3 heteroatoms. The Labute approximate surface area is 113 Å². The third kappa shape index (κ3) is 3.59. The van der Waals surface area contributed by atoms with Crippen molar-refractivity contribution in [3.8, 4) is 0 Å². The molecule has 1 atom stereocenters. The van der Waals surface area contributed by atoms with Crippen LogP contribution in [0.25, 0.3) is 0 Å². The van der Waals surface area contributed by atoms with Gasteiger partial charge in [0.1, 0.15) is 0 Å². The fourth-order valence-electron chi connectivity index (χ4n) is 1.75. The minimum absolute atomic E-state index is 0.0614. The smallest absolute Gasteiger partial charge is 0.0966 e. The number of benzene rings is 1. The molecule has 0 aliphatic heterocycles. The number of hydrogen-bond acceptors (Lipinski definition) is 3. The predicted molar refractivity (Wildman–Crippen MR) is 77.6 cm³/mol. The first-order valence-corrected chi connectivity index (χ1v) is 7.03. The van der Waals surface area contributed by atoms with Gasteiger partial charge in [0.15, 0.2) is 0 Å². The Morgan fingerprint density at radius 1 is 1.28 bits per heavy atom. The Hall–Kier alpha value is -1.32. The number of nitrogens with zero attached hydrogens (tertiary/aromatic N) is 1. The molecule has 0 radical (unpaired) electrons. The minimum atomic E-state index is 0.0614. The van der Waals surface area contributed by atoms with Crippen LogP contribution in [0.3, 0.4) is 0 Å². The predicted octanol–water partition coefficient (Wildman–Crippen LogP) is 3.70. The maximum Gasteiger partial charge on any atom is 0.0966 e. The second-order valence-electron chi connectivity index (χ2n) is 4.49. The van der Waals surface area contributed by atoms with Crippen LogP contribution >= 0.6 is 11.8 Å². The van der Waals surface area contributed by atoms with Gasteiger partial charge in [-0.15, -0.1) is 11.8 Å². The average Bonchev–Trinajstić information content (AvgIpc) is 2.37. The van der Waals surface area contributed by atoms with Crippen LogP contribution in [0.15, 0.2) is 47.6 Å². The number of nitrogens with two attached hydrogens (primary N) is 1. The van der Waals surface area contributed by atoms with Gasteiger partial charge >= 0.3 is 0 Å². The molecule has 1 unspecified atom stereocenters. The molecule has 0 saturated heterocycles. The van der Waals surface area contributed by atoms with Gasteiger partial charge in [-0.3, -0.25) is 0 Å². The molecular weight excluding hydrogens is 240 g/mol. The van der Waals surface area contributed by atoms with Crippen LogP contribution in [0.2, 0.25) is 0 Å². The summed E-state index contributed by atoms with van der Waals surface area (Å²) < 4.78 is 0. The fourth-order valence-corrected chi connectivity index (χ4v) is 2.60. The third-order valence-corrected chi connectivity index (χ3v) is 3.75. The Balaban J connectivity index is 2.04. The summed E-state index contributed by atoms with van der Waals surface area (Å²) in [5.41, 5.74) is 9.63. The number of rotatable bonds is 4. The number of hydrogen-bond donors (Lipinski definition) is 1. The third-order valence-electron chi connectivity index (χ3n) is 2.75. The van der Waals surface area contributed by atoms with Crippen molar-refractivity contribution in [2.45, 2.75) is 30.7 Å². The van der Waals surface area contributed by atoms with Gasteiger partial charge in [-0.25, -0.2) is 4.98 Å². The molecule has 0 spiro atoms. The molecule has 1 aromatic carbocycles. The summed E-state index contributed by atoms with van der Waals surface area (Å²) in [6, 6.07) is 12.7. The lowest BCUT2D eigenvalue weighted by molar-refractivity contribution is 0.808. The number of aromatic nitrogens is 1. The zero-order chi connectivity index (χ0) is 13.0. The summed E-state index contributed by atoms with van der Waals surface area (Å²) in [6.45, 7) is 4.10. The maximum atomic E-state index is 5.87. The largest absolute Gasteiger partial charge is 0.324 e. The van der Waals surface area contributed by atoms with Crippen LogP contribution in [0.1, 0.15) is 29.7 Å². The lowest BCUT2D eigenvalue weighted by atomic mass is 10.1. The fraction of sp³-hybridized carbons (Fsp3) is 0.267. The number of thioether (sulfide) groups is 1. The molecule has 0 amide bonds. The normalized spacial score (nSPS) is 12.4. The first kappa shape index (κ1) is 13.1. The van der Waals surface area contributed by atoms with E-state index in [1.165, 1.54) is 11.1 Å². The molecule has 2 aromatic rings. The topological polar surface area (TPSA) is 38.9 Å².